The first kappa shape index (κ1) is 13.2. The fourth-order valence-corrected chi connectivity index (χ4v) is 2.04. The Morgan fingerprint density at radius 3 is 2.32 bits per heavy atom. The number of rotatable bonds is 0. The van der Waals surface area contributed by atoms with Gasteiger partial charge >= 0.3 is 23.9 Å². The van der Waals surface area contributed by atoms with E-state index in [4.69, 9.17) is 0 Å². The van der Waals surface area contributed by atoms with E-state index in [1.165, 1.54) is 0 Å². The number of cyclic esters (lactones) is 4. The average molecular weight is 264 g/mol. The number of carbonyl (C=O) groups excluding carboxylic acids is 4. The lowest BCUT2D eigenvalue weighted by molar-refractivity contribution is -0.154. The van der Waals surface area contributed by atoms with Gasteiger partial charge in [-0.25, -0.2) is 4.79 Å². The van der Waals surface area contributed by atoms with Gasteiger partial charge in [-0.3, -0.25) is 14.4 Å². The molecule has 0 amide bonds. The molecule has 3 aliphatic rings. The lowest BCUT2D eigenvalue weighted by Gasteiger charge is -2.12. The monoisotopic (exact) mass is 264 g/mol. The van der Waals surface area contributed by atoms with Crippen molar-refractivity contribution in [2.75, 3.05) is 0 Å². The van der Waals surface area contributed by atoms with Crippen LogP contribution in [-0.2, 0) is 28.7 Å². The maximum Gasteiger partial charge on any atom is 0.341 e. The SMILES string of the molecule is C=C1CC(=O)OC1=O.O=C1OC(=O)C2CCC=CC12. The van der Waals surface area contributed by atoms with E-state index < -0.39 is 11.9 Å². The molecule has 0 bridgehead atoms. The summed E-state index contributed by atoms with van der Waals surface area (Å²) in [5.74, 6) is -2.28. The summed E-state index contributed by atoms with van der Waals surface area (Å²) >= 11 is 0. The number of fused-ring (bicyclic) bond motifs is 1. The third-order valence-corrected chi connectivity index (χ3v) is 3.05. The van der Waals surface area contributed by atoms with Crippen LogP contribution in [0.4, 0.5) is 0 Å². The zero-order chi connectivity index (χ0) is 14.0. The molecule has 1 aliphatic carbocycles. The molecule has 0 aromatic carbocycles. The summed E-state index contributed by atoms with van der Waals surface area (Å²) < 4.78 is 8.58. The zero-order valence-corrected chi connectivity index (χ0v) is 10.1. The zero-order valence-electron chi connectivity index (χ0n) is 10.1. The van der Waals surface area contributed by atoms with Gasteiger partial charge in [-0.15, -0.1) is 0 Å². The van der Waals surface area contributed by atoms with Crippen molar-refractivity contribution < 1.29 is 28.7 Å². The van der Waals surface area contributed by atoms with Crippen LogP contribution in [0.1, 0.15) is 19.3 Å². The molecule has 6 nitrogen and oxygen atoms in total. The summed E-state index contributed by atoms with van der Waals surface area (Å²) in [6.07, 6.45) is 5.40. The molecule has 0 aromatic rings. The summed E-state index contributed by atoms with van der Waals surface area (Å²) in [7, 11) is 0. The molecule has 2 heterocycles. The minimum atomic E-state index is -0.588. The number of allylic oxidation sites excluding steroid dienone is 1. The Kier molecular flexibility index (Phi) is 3.59. The van der Waals surface area contributed by atoms with Gasteiger partial charge in [0.25, 0.3) is 0 Å². The van der Waals surface area contributed by atoms with Crippen molar-refractivity contribution in [1.29, 1.82) is 0 Å². The molecule has 6 heteroatoms. The number of ether oxygens (including phenoxy) is 2. The van der Waals surface area contributed by atoms with E-state index in [2.05, 4.69) is 16.1 Å². The molecule has 2 aliphatic heterocycles. The van der Waals surface area contributed by atoms with E-state index in [9.17, 15) is 19.2 Å². The van der Waals surface area contributed by atoms with Crippen LogP contribution < -0.4 is 0 Å². The molecule has 2 saturated heterocycles. The third kappa shape index (κ3) is 2.78. The Morgan fingerprint density at radius 1 is 1.11 bits per heavy atom. The van der Waals surface area contributed by atoms with Crippen LogP contribution in [-0.4, -0.2) is 23.9 Å². The van der Waals surface area contributed by atoms with Gasteiger partial charge in [0.2, 0.25) is 0 Å². The van der Waals surface area contributed by atoms with Crippen molar-refractivity contribution in [3.63, 3.8) is 0 Å². The number of esters is 4. The molecule has 0 spiro atoms. The quantitative estimate of drug-likeness (QED) is 0.276. The third-order valence-electron chi connectivity index (χ3n) is 3.05. The van der Waals surface area contributed by atoms with Crippen LogP contribution in [0, 0.1) is 11.8 Å². The van der Waals surface area contributed by atoms with Crippen molar-refractivity contribution >= 4 is 23.9 Å². The van der Waals surface area contributed by atoms with Crippen LogP contribution in [0.3, 0.4) is 0 Å². The summed E-state index contributed by atoms with van der Waals surface area (Å²) in [6, 6.07) is 0. The van der Waals surface area contributed by atoms with Gasteiger partial charge in [-0.1, -0.05) is 18.7 Å². The van der Waals surface area contributed by atoms with Crippen molar-refractivity contribution in [3.8, 4) is 0 Å². The summed E-state index contributed by atoms with van der Waals surface area (Å²) in [6.45, 7) is 3.29. The molecule has 0 radical (unpaired) electrons. The molecule has 0 saturated carbocycles. The van der Waals surface area contributed by atoms with E-state index in [-0.39, 0.29) is 35.8 Å². The second kappa shape index (κ2) is 5.17. The van der Waals surface area contributed by atoms with Crippen molar-refractivity contribution in [1.82, 2.24) is 0 Å². The molecular weight excluding hydrogens is 252 g/mol. The molecule has 100 valence electrons. The first-order valence-electron chi connectivity index (χ1n) is 5.84. The van der Waals surface area contributed by atoms with Gasteiger partial charge in [0.1, 0.15) is 0 Å². The van der Waals surface area contributed by atoms with Crippen LogP contribution in [0.25, 0.3) is 0 Å². The van der Waals surface area contributed by atoms with Gasteiger partial charge in [0.15, 0.2) is 0 Å². The largest absolute Gasteiger partial charge is 0.392 e. The van der Waals surface area contributed by atoms with Gasteiger partial charge < -0.3 is 9.47 Å². The number of hydrogen-bond acceptors (Lipinski definition) is 6. The smallest absolute Gasteiger partial charge is 0.341 e. The first-order valence-corrected chi connectivity index (χ1v) is 5.84. The van der Waals surface area contributed by atoms with E-state index in [0.717, 1.165) is 12.8 Å². The van der Waals surface area contributed by atoms with Crippen LogP contribution >= 0.6 is 0 Å². The minimum absolute atomic E-state index is 0.0544. The normalized spacial score (nSPS) is 28.5. The lowest BCUT2D eigenvalue weighted by Crippen LogP contribution is -2.17. The predicted molar refractivity (Wildman–Crippen MR) is 61.3 cm³/mol. The first-order chi connectivity index (χ1) is 8.99. The second-order valence-corrected chi connectivity index (χ2v) is 4.42. The molecular formula is C13H12O6. The Labute approximate surface area is 109 Å². The predicted octanol–water partition coefficient (Wildman–Crippen LogP) is 0.668. The Balaban J connectivity index is 0.000000148. The van der Waals surface area contributed by atoms with Gasteiger partial charge in [-0.2, -0.15) is 0 Å². The van der Waals surface area contributed by atoms with E-state index in [1.807, 2.05) is 6.08 Å². The van der Waals surface area contributed by atoms with Gasteiger partial charge in [-0.05, 0) is 12.8 Å². The van der Waals surface area contributed by atoms with Crippen LogP contribution in [0.2, 0.25) is 0 Å². The van der Waals surface area contributed by atoms with Crippen LogP contribution in [0.5, 0.6) is 0 Å². The highest BCUT2D eigenvalue weighted by atomic mass is 16.6. The average Bonchev–Trinajstić information content (AvgIpc) is 2.82. The molecule has 2 atom stereocenters. The van der Waals surface area contributed by atoms with Gasteiger partial charge in [0, 0.05) is 5.57 Å². The highest BCUT2D eigenvalue weighted by Gasteiger charge is 2.43. The summed E-state index contributed by atoms with van der Waals surface area (Å²) in [4.78, 5) is 42.3. The molecule has 3 rings (SSSR count). The molecule has 2 unspecified atom stereocenters. The maximum atomic E-state index is 10.9. The maximum absolute atomic E-state index is 10.9. The van der Waals surface area contributed by atoms with E-state index in [1.54, 1.807) is 6.08 Å². The van der Waals surface area contributed by atoms with Crippen molar-refractivity contribution in [3.05, 3.63) is 24.3 Å². The fraction of sp³-hybridized carbons (Fsp3) is 0.385. The Morgan fingerprint density at radius 2 is 1.84 bits per heavy atom. The highest BCUT2D eigenvalue weighted by Crippen LogP contribution is 2.32. The van der Waals surface area contributed by atoms with Crippen molar-refractivity contribution in [2.45, 2.75) is 19.3 Å². The lowest BCUT2D eigenvalue weighted by atomic mass is 9.86. The molecule has 0 aromatic heterocycles. The Hall–Kier alpha value is -2.24. The summed E-state index contributed by atoms with van der Waals surface area (Å²) in [5.41, 5.74) is 0.245. The molecule has 19 heavy (non-hydrogen) atoms. The fourth-order valence-electron chi connectivity index (χ4n) is 2.04. The number of hydrogen-bond donors (Lipinski definition) is 0. The second-order valence-electron chi connectivity index (χ2n) is 4.42. The van der Waals surface area contributed by atoms with E-state index in [0.29, 0.717) is 0 Å². The summed E-state index contributed by atoms with van der Waals surface area (Å²) in [5, 5.41) is 0. The minimum Gasteiger partial charge on any atom is -0.392 e. The topological polar surface area (TPSA) is 86.7 Å². The highest BCUT2D eigenvalue weighted by molar-refractivity contribution is 6.05. The molecule has 0 N–H and O–H groups in total. The van der Waals surface area contributed by atoms with Gasteiger partial charge in [0.05, 0.1) is 18.3 Å². The molecule has 2 fully saturated rings. The van der Waals surface area contributed by atoms with Crippen molar-refractivity contribution in [2.24, 2.45) is 11.8 Å². The van der Waals surface area contributed by atoms with Crippen LogP contribution in [0.15, 0.2) is 24.3 Å². The standard InChI is InChI=1S/C8H8O3.C5H4O3/c9-7-5-3-1-2-4-6(5)8(10)11-7;1-3-2-4(6)8-5(3)7/h1,3,5-6H,2,4H2;1-2H2. The Bertz CT molecular complexity index is 483. The number of carbonyl (C=O) groups is 4. The van der Waals surface area contributed by atoms with E-state index >= 15 is 0 Å².